The SMILES string of the molecule is C[C@@H](c1ccccc1)N1COc2ccc3c4c(oc3c2C1)C(=O)c1ccccc1C4=O. The van der Waals surface area contributed by atoms with Crippen molar-refractivity contribution in [3.63, 3.8) is 0 Å². The van der Waals surface area contributed by atoms with Gasteiger partial charge in [-0.3, -0.25) is 14.5 Å². The molecule has 1 atom stereocenters. The number of carbonyl (C=O) groups is 2. The number of carbonyl (C=O) groups excluding carboxylic acids is 2. The second-order valence-corrected chi connectivity index (χ2v) is 8.04. The lowest BCUT2D eigenvalue weighted by Gasteiger charge is -2.33. The number of hydrogen-bond acceptors (Lipinski definition) is 5. The third kappa shape index (κ3) is 2.60. The molecule has 6 rings (SSSR count). The van der Waals surface area contributed by atoms with E-state index in [1.54, 1.807) is 24.3 Å². The van der Waals surface area contributed by atoms with Crippen molar-refractivity contribution in [2.45, 2.75) is 19.5 Å². The zero-order valence-corrected chi connectivity index (χ0v) is 16.9. The number of nitrogens with zero attached hydrogens (tertiary/aromatic N) is 1. The standard InChI is InChI=1S/C26H19NO4/c1-15(16-7-3-2-4-8-16)27-13-20-21(30-14-27)12-11-19-22-23(28)17-9-5-6-10-18(17)24(29)26(22)31-25(19)20/h2-12,15H,13-14H2,1H3/t15-/m0/s1. The van der Waals surface area contributed by atoms with Crippen LogP contribution in [0.25, 0.3) is 11.0 Å². The van der Waals surface area contributed by atoms with Gasteiger partial charge in [-0.25, -0.2) is 0 Å². The van der Waals surface area contributed by atoms with Gasteiger partial charge in [-0.15, -0.1) is 0 Å². The third-order valence-electron chi connectivity index (χ3n) is 6.34. The van der Waals surface area contributed by atoms with E-state index in [4.69, 9.17) is 9.15 Å². The number of furan rings is 1. The highest BCUT2D eigenvalue weighted by molar-refractivity contribution is 6.31. The van der Waals surface area contributed by atoms with E-state index in [0.717, 1.165) is 11.3 Å². The maximum absolute atomic E-state index is 13.2. The van der Waals surface area contributed by atoms with E-state index in [1.165, 1.54) is 5.56 Å². The van der Waals surface area contributed by atoms with Crippen LogP contribution in [-0.4, -0.2) is 23.2 Å². The van der Waals surface area contributed by atoms with E-state index >= 15 is 0 Å². The van der Waals surface area contributed by atoms with Gasteiger partial charge in [0.15, 0.2) is 11.5 Å². The Kier molecular flexibility index (Phi) is 3.88. The summed E-state index contributed by atoms with van der Waals surface area (Å²) in [6.45, 7) is 3.20. The van der Waals surface area contributed by atoms with E-state index in [-0.39, 0.29) is 23.4 Å². The molecule has 1 aromatic heterocycles. The van der Waals surface area contributed by atoms with Crippen LogP contribution in [0.3, 0.4) is 0 Å². The van der Waals surface area contributed by atoms with Crippen LogP contribution in [0.4, 0.5) is 0 Å². The van der Waals surface area contributed by atoms with Crippen LogP contribution in [0.2, 0.25) is 0 Å². The van der Waals surface area contributed by atoms with E-state index in [2.05, 4.69) is 24.0 Å². The zero-order valence-electron chi connectivity index (χ0n) is 16.9. The Morgan fingerprint density at radius 3 is 2.35 bits per heavy atom. The van der Waals surface area contributed by atoms with Crippen LogP contribution in [0.1, 0.15) is 56.1 Å². The minimum Gasteiger partial charge on any atom is -0.478 e. The van der Waals surface area contributed by atoms with Crippen LogP contribution in [0.5, 0.6) is 5.75 Å². The fourth-order valence-electron chi connectivity index (χ4n) is 4.60. The Morgan fingerprint density at radius 2 is 1.58 bits per heavy atom. The molecule has 152 valence electrons. The Bertz CT molecular complexity index is 1370. The molecule has 2 heterocycles. The maximum atomic E-state index is 13.2. The summed E-state index contributed by atoms with van der Waals surface area (Å²) in [5.74, 6) is 0.435. The quantitative estimate of drug-likeness (QED) is 0.405. The molecule has 31 heavy (non-hydrogen) atoms. The summed E-state index contributed by atoms with van der Waals surface area (Å²) < 4.78 is 12.1. The van der Waals surface area contributed by atoms with Gasteiger partial charge < -0.3 is 9.15 Å². The topological polar surface area (TPSA) is 59.8 Å². The summed E-state index contributed by atoms with van der Waals surface area (Å²) in [6.07, 6.45) is 0. The summed E-state index contributed by atoms with van der Waals surface area (Å²) in [4.78, 5) is 28.5. The summed E-state index contributed by atoms with van der Waals surface area (Å²) in [6, 6.07) is 21.0. The number of ketones is 2. The highest BCUT2D eigenvalue weighted by Gasteiger charge is 2.36. The largest absolute Gasteiger partial charge is 0.478 e. The maximum Gasteiger partial charge on any atom is 0.229 e. The number of rotatable bonds is 2. The molecule has 0 spiro atoms. The van der Waals surface area contributed by atoms with Gasteiger partial charge in [-0.05, 0) is 24.6 Å². The highest BCUT2D eigenvalue weighted by atomic mass is 16.5. The van der Waals surface area contributed by atoms with E-state index in [0.29, 0.717) is 40.9 Å². The molecule has 0 N–H and O–H groups in total. The molecular weight excluding hydrogens is 390 g/mol. The van der Waals surface area contributed by atoms with Gasteiger partial charge in [0.25, 0.3) is 0 Å². The van der Waals surface area contributed by atoms with E-state index < -0.39 is 0 Å². The summed E-state index contributed by atoms with van der Waals surface area (Å²) in [5, 5.41) is 0.666. The first-order valence-corrected chi connectivity index (χ1v) is 10.3. The molecule has 1 aliphatic heterocycles. The number of hydrogen-bond donors (Lipinski definition) is 0. The lowest BCUT2D eigenvalue weighted by molar-refractivity contribution is 0.0620. The van der Waals surface area contributed by atoms with Gasteiger partial charge in [-0.2, -0.15) is 0 Å². The molecule has 2 aliphatic rings. The molecule has 0 bridgehead atoms. The van der Waals surface area contributed by atoms with Gasteiger partial charge in [0, 0.05) is 29.1 Å². The molecule has 0 saturated carbocycles. The number of fused-ring (bicyclic) bond motifs is 6. The first-order valence-electron chi connectivity index (χ1n) is 10.3. The van der Waals surface area contributed by atoms with E-state index in [1.807, 2.05) is 30.3 Å². The lowest BCUT2D eigenvalue weighted by Crippen LogP contribution is -2.34. The van der Waals surface area contributed by atoms with Gasteiger partial charge >= 0.3 is 0 Å². The second kappa shape index (κ2) is 6.65. The van der Waals surface area contributed by atoms with Crippen LogP contribution in [-0.2, 0) is 6.54 Å². The molecule has 3 aromatic carbocycles. The second-order valence-electron chi connectivity index (χ2n) is 8.04. The smallest absolute Gasteiger partial charge is 0.229 e. The van der Waals surface area contributed by atoms with Crippen molar-refractivity contribution < 1.29 is 18.7 Å². The van der Waals surface area contributed by atoms with Crippen molar-refractivity contribution in [3.05, 3.63) is 100 Å². The molecule has 0 radical (unpaired) electrons. The van der Waals surface area contributed by atoms with Crippen LogP contribution < -0.4 is 4.74 Å². The van der Waals surface area contributed by atoms with Crippen molar-refractivity contribution in [3.8, 4) is 5.75 Å². The van der Waals surface area contributed by atoms with Crippen LogP contribution >= 0.6 is 0 Å². The average Bonchev–Trinajstić information content (AvgIpc) is 3.23. The summed E-state index contributed by atoms with van der Waals surface area (Å²) >= 11 is 0. The van der Waals surface area contributed by atoms with Gasteiger partial charge in [-0.1, -0.05) is 54.6 Å². The van der Waals surface area contributed by atoms with Gasteiger partial charge in [0.2, 0.25) is 5.78 Å². The Labute approximate surface area is 178 Å². The minimum absolute atomic E-state index is 0.125. The highest BCUT2D eigenvalue weighted by Crippen LogP contribution is 2.41. The minimum atomic E-state index is -0.249. The molecule has 5 nitrogen and oxygen atoms in total. The monoisotopic (exact) mass is 409 g/mol. The molecule has 0 amide bonds. The molecule has 0 fully saturated rings. The molecule has 4 aromatic rings. The summed E-state index contributed by atoms with van der Waals surface area (Å²) in [7, 11) is 0. The van der Waals surface area contributed by atoms with Crippen LogP contribution in [0, 0.1) is 0 Å². The fourth-order valence-corrected chi connectivity index (χ4v) is 4.60. The van der Waals surface area contributed by atoms with Crippen molar-refractivity contribution in [2.24, 2.45) is 0 Å². The van der Waals surface area contributed by atoms with E-state index in [9.17, 15) is 9.59 Å². The predicted octanol–water partition coefficient (Wildman–Crippen LogP) is 5.12. The van der Waals surface area contributed by atoms with Crippen molar-refractivity contribution in [2.75, 3.05) is 6.73 Å². The normalized spacial score (nSPS) is 16.4. The number of ether oxygens (including phenoxy) is 1. The molecule has 1 aliphatic carbocycles. The average molecular weight is 409 g/mol. The lowest BCUT2D eigenvalue weighted by atomic mass is 9.87. The zero-order chi connectivity index (χ0) is 21.1. The number of benzene rings is 3. The third-order valence-corrected chi connectivity index (χ3v) is 6.34. The Hall–Kier alpha value is -3.70. The van der Waals surface area contributed by atoms with Crippen molar-refractivity contribution >= 4 is 22.5 Å². The van der Waals surface area contributed by atoms with Crippen molar-refractivity contribution in [1.82, 2.24) is 4.90 Å². The first kappa shape index (κ1) is 18.1. The molecule has 5 heteroatoms. The van der Waals surface area contributed by atoms with Crippen molar-refractivity contribution in [1.29, 1.82) is 0 Å². The fraction of sp³-hybridized carbons (Fsp3) is 0.154. The predicted molar refractivity (Wildman–Crippen MR) is 115 cm³/mol. The van der Waals surface area contributed by atoms with Gasteiger partial charge in [0.05, 0.1) is 11.1 Å². The molecule has 0 saturated heterocycles. The Morgan fingerprint density at radius 1 is 0.871 bits per heavy atom. The van der Waals surface area contributed by atoms with Crippen LogP contribution in [0.15, 0.2) is 71.1 Å². The van der Waals surface area contributed by atoms with Gasteiger partial charge in [0.1, 0.15) is 18.1 Å². The molecule has 0 unspecified atom stereocenters. The molecular formula is C26H19NO4. The summed E-state index contributed by atoms with van der Waals surface area (Å²) in [5.41, 5.74) is 3.79. The Balaban J connectivity index is 1.47. The first-order chi connectivity index (χ1) is 15.1.